The molecule has 1 fully saturated rings. The van der Waals surface area contributed by atoms with E-state index in [1.165, 1.54) is 0 Å². The molecule has 0 aromatic carbocycles. The molecule has 5 heteroatoms. The molecule has 0 amide bonds. The van der Waals surface area contributed by atoms with Gasteiger partial charge in [0.15, 0.2) is 0 Å². The van der Waals surface area contributed by atoms with Gasteiger partial charge < -0.3 is 15.7 Å². The SMILES string of the molecule is Cc1c(N)nc(C2CC2)nc1N(CCO)C(C)C. The highest BCUT2D eigenvalue weighted by Gasteiger charge is 2.29. The number of rotatable bonds is 5. The molecule has 0 aliphatic heterocycles. The summed E-state index contributed by atoms with van der Waals surface area (Å²) in [5.41, 5.74) is 6.89. The molecule has 0 saturated heterocycles. The fourth-order valence-corrected chi connectivity index (χ4v) is 2.06. The van der Waals surface area contributed by atoms with Gasteiger partial charge in [-0.1, -0.05) is 0 Å². The number of nitrogen functional groups attached to an aromatic ring is 1. The van der Waals surface area contributed by atoms with Gasteiger partial charge in [0.25, 0.3) is 0 Å². The van der Waals surface area contributed by atoms with Crippen molar-refractivity contribution in [3.05, 3.63) is 11.4 Å². The Bertz CT molecular complexity index is 429. The molecule has 1 heterocycles. The van der Waals surface area contributed by atoms with Crippen molar-refractivity contribution in [2.45, 2.75) is 45.6 Å². The third-order valence-corrected chi connectivity index (χ3v) is 3.35. The van der Waals surface area contributed by atoms with Crippen LogP contribution in [0.25, 0.3) is 0 Å². The van der Waals surface area contributed by atoms with Crippen LogP contribution in [0.4, 0.5) is 11.6 Å². The van der Waals surface area contributed by atoms with Gasteiger partial charge in [-0.2, -0.15) is 0 Å². The van der Waals surface area contributed by atoms with E-state index in [1.807, 2.05) is 6.92 Å². The summed E-state index contributed by atoms with van der Waals surface area (Å²) in [6.45, 7) is 6.79. The zero-order valence-electron chi connectivity index (χ0n) is 11.3. The molecule has 0 bridgehead atoms. The van der Waals surface area contributed by atoms with Crippen LogP contribution in [-0.2, 0) is 0 Å². The molecule has 3 N–H and O–H groups in total. The van der Waals surface area contributed by atoms with E-state index >= 15 is 0 Å². The molecular formula is C13H22N4O. The van der Waals surface area contributed by atoms with Crippen LogP contribution in [0.5, 0.6) is 0 Å². The second kappa shape index (κ2) is 5.10. The van der Waals surface area contributed by atoms with Crippen molar-refractivity contribution in [1.29, 1.82) is 0 Å². The lowest BCUT2D eigenvalue weighted by atomic mass is 10.2. The van der Waals surface area contributed by atoms with E-state index in [4.69, 9.17) is 5.73 Å². The molecule has 0 atom stereocenters. The van der Waals surface area contributed by atoms with Crippen molar-refractivity contribution in [3.8, 4) is 0 Å². The highest BCUT2D eigenvalue weighted by molar-refractivity contribution is 5.57. The maximum absolute atomic E-state index is 9.18. The summed E-state index contributed by atoms with van der Waals surface area (Å²) in [7, 11) is 0. The number of hydrogen-bond acceptors (Lipinski definition) is 5. The first kappa shape index (κ1) is 13.1. The Labute approximate surface area is 108 Å². The van der Waals surface area contributed by atoms with Crippen LogP contribution in [0.3, 0.4) is 0 Å². The van der Waals surface area contributed by atoms with Crippen LogP contribution >= 0.6 is 0 Å². The van der Waals surface area contributed by atoms with E-state index < -0.39 is 0 Å². The summed E-state index contributed by atoms with van der Waals surface area (Å²) in [5, 5.41) is 9.18. The summed E-state index contributed by atoms with van der Waals surface area (Å²) in [5.74, 6) is 2.77. The number of nitrogens with two attached hydrogens (primary N) is 1. The Morgan fingerprint density at radius 2 is 2.06 bits per heavy atom. The predicted octanol–water partition coefficient (Wildman–Crippen LogP) is 1.45. The Morgan fingerprint density at radius 3 is 2.56 bits per heavy atom. The van der Waals surface area contributed by atoms with Crippen LogP contribution < -0.4 is 10.6 Å². The second-order valence-corrected chi connectivity index (χ2v) is 5.20. The van der Waals surface area contributed by atoms with Gasteiger partial charge in [-0.05, 0) is 33.6 Å². The molecule has 2 rings (SSSR count). The molecule has 5 nitrogen and oxygen atoms in total. The quantitative estimate of drug-likeness (QED) is 0.827. The molecule has 18 heavy (non-hydrogen) atoms. The van der Waals surface area contributed by atoms with Gasteiger partial charge in [-0.25, -0.2) is 9.97 Å². The van der Waals surface area contributed by atoms with Crippen LogP contribution in [0, 0.1) is 6.92 Å². The van der Waals surface area contributed by atoms with E-state index in [-0.39, 0.29) is 12.6 Å². The first-order valence-electron chi connectivity index (χ1n) is 6.56. The molecule has 0 spiro atoms. The fraction of sp³-hybridized carbons (Fsp3) is 0.692. The maximum atomic E-state index is 9.18. The fourth-order valence-electron chi connectivity index (χ4n) is 2.06. The summed E-state index contributed by atoms with van der Waals surface area (Å²) in [6, 6.07) is 0.275. The van der Waals surface area contributed by atoms with Gasteiger partial charge in [0.05, 0.1) is 6.61 Å². The van der Waals surface area contributed by atoms with Crippen LogP contribution in [-0.4, -0.2) is 34.3 Å². The first-order valence-corrected chi connectivity index (χ1v) is 6.56. The zero-order chi connectivity index (χ0) is 13.3. The van der Waals surface area contributed by atoms with Gasteiger partial charge in [0.2, 0.25) is 0 Å². The predicted molar refractivity (Wildman–Crippen MR) is 72.7 cm³/mol. The Kier molecular flexibility index (Phi) is 3.71. The second-order valence-electron chi connectivity index (χ2n) is 5.20. The van der Waals surface area contributed by atoms with Gasteiger partial charge >= 0.3 is 0 Å². The molecule has 100 valence electrons. The average molecular weight is 250 g/mol. The van der Waals surface area contributed by atoms with Crippen LogP contribution in [0.1, 0.15) is 44.0 Å². The van der Waals surface area contributed by atoms with E-state index in [1.54, 1.807) is 0 Å². The van der Waals surface area contributed by atoms with Crippen molar-refractivity contribution in [2.75, 3.05) is 23.8 Å². The molecule has 0 radical (unpaired) electrons. The minimum absolute atomic E-state index is 0.111. The first-order chi connectivity index (χ1) is 8.54. The van der Waals surface area contributed by atoms with Gasteiger partial charge in [0.1, 0.15) is 17.5 Å². The third kappa shape index (κ3) is 2.56. The lowest BCUT2D eigenvalue weighted by Crippen LogP contribution is -2.35. The lowest BCUT2D eigenvalue weighted by molar-refractivity contribution is 0.298. The molecule has 1 aromatic rings. The lowest BCUT2D eigenvalue weighted by Gasteiger charge is -2.29. The molecule has 1 saturated carbocycles. The van der Waals surface area contributed by atoms with Gasteiger partial charge in [-0.15, -0.1) is 0 Å². The Morgan fingerprint density at radius 1 is 1.39 bits per heavy atom. The largest absolute Gasteiger partial charge is 0.395 e. The topological polar surface area (TPSA) is 75.3 Å². The van der Waals surface area contributed by atoms with Crippen molar-refractivity contribution in [2.24, 2.45) is 0 Å². The zero-order valence-corrected chi connectivity index (χ0v) is 11.3. The summed E-state index contributed by atoms with van der Waals surface area (Å²) >= 11 is 0. The monoisotopic (exact) mass is 250 g/mol. The normalized spacial score (nSPS) is 15.2. The number of anilines is 2. The third-order valence-electron chi connectivity index (χ3n) is 3.35. The van der Waals surface area contributed by atoms with E-state index in [9.17, 15) is 5.11 Å². The minimum atomic E-state index is 0.111. The smallest absolute Gasteiger partial charge is 0.137 e. The maximum Gasteiger partial charge on any atom is 0.137 e. The van der Waals surface area contributed by atoms with Crippen molar-refractivity contribution >= 4 is 11.6 Å². The molecule has 1 aromatic heterocycles. The van der Waals surface area contributed by atoms with Crippen molar-refractivity contribution in [3.63, 3.8) is 0 Å². The number of nitrogens with zero attached hydrogens (tertiary/aromatic N) is 3. The summed E-state index contributed by atoms with van der Waals surface area (Å²) in [4.78, 5) is 11.1. The molecule has 1 aliphatic rings. The number of aliphatic hydroxyl groups is 1. The van der Waals surface area contributed by atoms with Gasteiger partial charge in [0, 0.05) is 24.1 Å². The minimum Gasteiger partial charge on any atom is -0.395 e. The molecule has 1 aliphatic carbocycles. The Balaban J connectivity index is 2.39. The number of aromatic nitrogens is 2. The summed E-state index contributed by atoms with van der Waals surface area (Å²) < 4.78 is 0. The molecular weight excluding hydrogens is 228 g/mol. The Hall–Kier alpha value is -1.36. The summed E-state index contributed by atoms with van der Waals surface area (Å²) in [6.07, 6.45) is 2.31. The number of aliphatic hydroxyl groups excluding tert-OH is 1. The average Bonchev–Trinajstić information content (AvgIpc) is 3.13. The van der Waals surface area contributed by atoms with E-state index in [0.29, 0.717) is 18.3 Å². The highest BCUT2D eigenvalue weighted by Crippen LogP contribution is 2.39. The van der Waals surface area contributed by atoms with Crippen LogP contribution in [0.2, 0.25) is 0 Å². The van der Waals surface area contributed by atoms with Crippen molar-refractivity contribution < 1.29 is 5.11 Å². The van der Waals surface area contributed by atoms with E-state index in [2.05, 4.69) is 28.7 Å². The van der Waals surface area contributed by atoms with Crippen molar-refractivity contribution in [1.82, 2.24) is 9.97 Å². The van der Waals surface area contributed by atoms with Crippen LogP contribution in [0.15, 0.2) is 0 Å². The standard InChI is InChI=1S/C13H22N4O/c1-8(2)17(6-7-18)13-9(3)11(14)15-12(16-13)10-4-5-10/h8,10,18H,4-7H2,1-3H3,(H2,14,15,16). The molecule has 0 unspecified atom stereocenters. The van der Waals surface area contributed by atoms with E-state index in [0.717, 1.165) is 30.0 Å². The van der Waals surface area contributed by atoms with Gasteiger partial charge in [-0.3, -0.25) is 0 Å². The highest BCUT2D eigenvalue weighted by atomic mass is 16.3. The number of hydrogen-bond donors (Lipinski definition) is 2.